The van der Waals surface area contributed by atoms with Crippen LogP contribution in [0.15, 0.2) is 70.3 Å². The van der Waals surface area contributed by atoms with Crippen molar-refractivity contribution in [2.75, 3.05) is 38.0 Å². The average Bonchev–Trinajstić information content (AvgIpc) is 3.33. The molecule has 1 aromatic heterocycles. The van der Waals surface area contributed by atoms with Crippen LogP contribution in [0.3, 0.4) is 0 Å². The van der Waals surface area contributed by atoms with Gasteiger partial charge in [0.05, 0.1) is 31.9 Å². The van der Waals surface area contributed by atoms with Gasteiger partial charge < -0.3 is 15.0 Å². The monoisotopic (exact) mass is 492 g/mol. The summed E-state index contributed by atoms with van der Waals surface area (Å²) in [6, 6.07) is 17.7. The maximum absolute atomic E-state index is 12.7. The largest absolute Gasteiger partial charge is 0.455 e. The first-order valence-electron chi connectivity index (χ1n) is 10.1. The summed E-state index contributed by atoms with van der Waals surface area (Å²) in [6.07, 6.45) is 0. The van der Waals surface area contributed by atoms with E-state index in [4.69, 9.17) is 16.3 Å². The van der Waals surface area contributed by atoms with Crippen molar-refractivity contribution < 1.29 is 22.8 Å². The lowest BCUT2D eigenvalue weighted by molar-refractivity contribution is -0.895. The van der Waals surface area contributed by atoms with Gasteiger partial charge in [0.25, 0.3) is 15.9 Å². The molecule has 3 aromatic rings. The van der Waals surface area contributed by atoms with Crippen molar-refractivity contribution in [1.82, 2.24) is 4.31 Å². The predicted molar refractivity (Wildman–Crippen MR) is 125 cm³/mol. The number of carbonyl (C=O) groups excluding carboxylic acids is 1. The van der Waals surface area contributed by atoms with Gasteiger partial charge >= 0.3 is 0 Å². The zero-order valence-electron chi connectivity index (χ0n) is 17.2. The number of hydrogen-bond acceptors (Lipinski definition) is 5. The minimum atomic E-state index is -3.45. The van der Waals surface area contributed by atoms with E-state index in [2.05, 4.69) is 5.32 Å². The van der Waals surface area contributed by atoms with E-state index in [0.29, 0.717) is 52.6 Å². The van der Waals surface area contributed by atoms with E-state index in [9.17, 15) is 13.2 Å². The van der Waals surface area contributed by atoms with Crippen LogP contribution in [-0.2, 0) is 14.8 Å². The van der Waals surface area contributed by atoms with Crippen LogP contribution in [0.4, 0.5) is 5.69 Å². The molecule has 2 N–H and O–H groups in total. The molecule has 0 spiro atoms. The number of ether oxygens (including phenoxy) is 1. The first-order chi connectivity index (χ1) is 15.4. The number of thiophene rings is 1. The molecular weight excluding hydrogens is 470 g/mol. The number of rotatable bonds is 7. The highest BCUT2D eigenvalue weighted by atomic mass is 35.5. The SMILES string of the molecule is O=C(C[NH+]1CCN(S(=O)(=O)c2cccs2)CC1)Nc1cc(Cl)ccc1Oc1ccccc1. The Kier molecular flexibility index (Phi) is 7.12. The molecule has 0 atom stereocenters. The maximum Gasteiger partial charge on any atom is 0.279 e. The molecule has 7 nitrogen and oxygen atoms in total. The summed E-state index contributed by atoms with van der Waals surface area (Å²) in [4.78, 5) is 13.7. The molecule has 168 valence electrons. The Hall–Kier alpha value is -2.43. The number of amides is 1. The summed E-state index contributed by atoms with van der Waals surface area (Å²) >= 11 is 7.34. The molecule has 1 fully saturated rings. The van der Waals surface area contributed by atoms with E-state index in [1.807, 2.05) is 30.3 Å². The number of sulfonamides is 1. The third-order valence-corrected chi connectivity index (χ3v) is 8.62. The van der Waals surface area contributed by atoms with Crippen molar-refractivity contribution in [3.8, 4) is 11.5 Å². The molecule has 1 aliphatic rings. The van der Waals surface area contributed by atoms with E-state index in [1.165, 1.54) is 15.6 Å². The number of nitrogens with zero attached hydrogens (tertiary/aromatic N) is 1. The topological polar surface area (TPSA) is 80.2 Å². The average molecular weight is 493 g/mol. The zero-order valence-corrected chi connectivity index (χ0v) is 19.5. The molecule has 4 rings (SSSR count). The minimum Gasteiger partial charge on any atom is -0.455 e. The van der Waals surface area contributed by atoms with E-state index < -0.39 is 10.0 Å². The lowest BCUT2D eigenvalue weighted by Crippen LogP contribution is -3.15. The second-order valence-corrected chi connectivity index (χ2v) is 10.9. The standard InChI is InChI=1S/C22H22ClN3O4S2/c23-17-8-9-20(30-18-5-2-1-3-6-18)19(15-17)24-21(27)16-25-10-12-26(13-11-25)32(28,29)22-7-4-14-31-22/h1-9,14-15H,10-13,16H2,(H,24,27)/p+1. The third-order valence-electron chi connectivity index (χ3n) is 5.12. The first kappa shape index (κ1) is 22.8. The van der Waals surface area contributed by atoms with Crippen LogP contribution in [0.25, 0.3) is 0 Å². The number of hydrogen-bond donors (Lipinski definition) is 2. The number of carbonyl (C=O) groups is 1. The fourth-order valence-corrected chi connectivity index (χ4v) is 6.24. The Bertz CT molecular complexity index is 1160. The van der Waals surface area contributed by atoms with Crippen LogP contribution < -0.4 is 15.0 Å². The number of halogens is 1. The summed E-state index contributed by atoms with van der Waals surface area (Å²) in [7, 11) is -3.45. The van der Waals surface area contributed by atoms with Gasteiger partial charge in [-0.15, -0.1) is 11.3 Å². The molecule has 2 aromatic carbocycles. The summed E-state index contributed by atoms with van der Waals surface area (Å²) in [5.41, 5.74) is 0.490. The van der Waals surface area contributed by atoms with Gasteiger partial charge in [-0.05, 0) is 41.8 Å². The second kappa shape index (κ2) is 10.0. The van der Waals surface area contributed by atoms with Crippen LogP contribution in [0.5, 0.6) is 11.5 Å². The normalized spacial score (nSPS) is 15.4. The third kappa shape index (κ3) is 5.48. The van der Waals surface area contributed by atoms with E-state index in [0.717, 1.165) is 4.90 Å². The van der Waals surface area contributed by atoms with Crippen LogP contribution in [0.1, 0.15) is 0 Å². The number of quaternary nitrogens is 1. The fraction of sp³-hybridized carbons (Fsp3) is 0.227. The molecule has 0 radical (unpaired) electrons. The second-order valence-electron chi connectivity index (χ2n) is 7.37. The van der Waals surface area contributed by atoms with E-state index in [1.54, 1.807) is 35.7 Å². The van der Waals surface area contributed by atoms with Gasteiger partial charge in [0.2, 0.25) is 0 Å². The first-order valence-corrected chi connectivity index (χ1v) is 12.8. The highest BCUT2D eigenvalue weighted by molar-refractivity contribution is 7.91. The predicted octanol–water partition coefficient (Wildman–Crippen LogP) is 2.72. The number of para-hydroxylation sites is 1. The Morgan fingerprint density at radius 2 is 1.84 bits per heavy atom. The van der Waals surface area contributed by atoms with Gasteiger partial charge in [0, 0.05) is 5.02 Å². The quantitative estimate of drug-likeness (QED) is 0.531. The molecule has 32 heavy (non-hydrogen) atoms. The van der Waals surface area contributed by atoms with E-state index >= 15 is 0 Å². The van der Waals surface area contributed by atoms with Crippen LogP contribution in [0, 0.1) is 0 Å². The molecule has 0 saturated carbocycles. The molecule has 10 heteroatoms. The fourth-order valence-electron chi connectivity index (χ4n) is 3.48. The van der Waals surface area contributed by atoms with Gasteiger partial charge in [0.1, 0.15) is 9.96 Å². The Labute approximate surface area is 196 Å². The van der Waals surface area contributed by atoms with Gasteiger partial charge in [-0.1, -0.05) is 35.9 Å². The van der Waals surface area contributed by atoms with E-state index in [-0.39, 0.29) is 12.5 Å². The van der Waals surface area contributed by atoms with Gasteiger partial charge in [0.15, 0.2) is 12.3 Å². The highest BCUT2D eigenvalue weighted by Crippen LogP contribution is 2.32. The number of nitrogens with one attached hydrogen (secondary N) is 2. The summed E-state index contributed by atoms with van der Waals surface area (Å²) in [6.45, 7) is 2.09. The summed E-state index contributed by atoms with van der Waals surface area (Å²) in [5, 5.41) is 5.12. The Morgan fingerprint density at radius 1 is 1.09 bits per heavy atom. The highest BCUT2D eigenvalue weighted by Gasteiger charge is 2.31. The van der Waals surface area contributed by atoms with Crippen molar-refractivity contribution in [2.24, 2.45) is 0 Å². The molecule has 0 unspecified atom stereocenters. The number of piperazine rings is 1. The van der Waals surface area contributed by atoms with Crippen LogP contribution >= 0.6 is 22.9 Å². The van der Waals surface area contributed by atoms with Gasteiger partial charge in [-0.2, -0.15) is 4.31 Å². The van der Waals surface area contributed by atoms with Crippen molar-refractivity contribution in [3.05, 3.63) is 71.1 Å². The zero-order chi connectivity index (χ0) is 22.6. The smallest absolute Gasteiger partial charge is 0.279 e. The molecule has 0 bridgehead atoms. The van der Waals surface area contributed by atoms with Gasteiger partial charge in [-0.25, -0.2) is 8.42 Å². The Morgan fingerprint density at radius 3 is 2.53 bits per heavy atom. The molecule has 1 aliphatic heterocycles. The van der Waals surface area contributed by atoms with Crippen LogP contribution in [-0.4, -0.2) is 51.4 Å². The molecule has 1 amide bonds. The molecule has 2 heterocycles. The minimum absolute atomic E-state index is 0.185. The number of anilines is 1. The lowest BCUT2D eigenvalue weighted by Gasteiger charge is -2.30. The number of benzene rings is 2. The molecule has 1 saturated heterocycles. The van der Waals surface area contributed by atoms with Crippen molar-refractivity contribution in [3.63, 3.8) is 0 Å². The maximum atomic E-state index is 12.7. The van der Waals surface area contributed by atoms with Gasteiger partial charge in [-0.3, -0.25) is 4.79 Å². The molecular formula is C22H23ClN3O4S2+. The lowest BCUT2D eigenvalue weighted by atomic mass is 10.2. The summed E-state index contributed by atoms with van der Waals surface area (Å²) < 4.78 is 33.0. The van der Waals surface area contributed by atoms with Crippen LogP contribution in [0.2, 0.25) is 5.02 Å². The Balaban J connectivity index is 1.35. The van der Waals surface area contributed by atoms with Crippen molar-refractivity contribution in [1.29, 1.82) is 0 Å². The van der Waals surface area contributed by atoms with Crippen molar-refractivity contribution in [2.45, 2.75) is 4.21 Å². The van der Waals surface area contributed by atoms with Crippen molar-refractivity contribution >= 4 is 44.6 Å². The summed E-state index contributed by atoms with van der Waals surface area (Å²) in [5.74, 6) is 0.963. The molecule has 0 aliphatic carbocycles.